The highest BCUT2D eigenvalue weighted by molar-refractivity contribution is 5.89. The van der Waals surface area contributed by atoms with Crippen molar-refractivity contribution in [2.75, 3.05) is 44.2 Å². The lowest BCUT2D eigenvalue weighted by Crippen LogP contribution is -2.56. The van der Waals surface area contributed by atoms with E-state index in [4.69, 9.17) is 4.74 Å². The van der Waals surface area contributed by atoms with Crippen molar-refractivity contribution in [1.82, 2.24) is 19.4 Å². The third-order valence-electron chi connectivity index (χ3n) is 7.44. The number of non-ortho nitro benzene ring substituents is 1. The fourth-order valence-corrected chi connectivity index (χ4v) is 5.20. The molecule has 3 heterocycles. The van der Waals surface area contributed by atoms with Crippen LogP contribution in [0.2, 0.25) is 0 Å². The molecule has 1 unspecified atom stereocenters. The van der Waals surface area contributed by atoms with Gasteiger partial charge in [0.05, 0.1) is 22.6 Å². The first-order valence-corrected chi connectivity index (χ1v) is 13.6. The number of piperazine rings is 1. The summed E-state index contributed by atoms with van der Waals surface area (Å²) < 4.78 is 50.7. The van der Waals surface area contributed by atoms with Gasteiger partial charge in [0.1, 0.15) is 0 Å². The van der Waals surface area contributed by atoms with Gasteiger partial charge in [-0.2, -0.15) is 13.2 Å². The van der Waals surface area contributed by atoms with Crippen molar-refractivity contribution >= 4 is 28.5 Å². The zero-order valence-electron chi connectivity index (χ0n) is 23.2. The summed E-state index contributed by atoms with van der Waals surface area (Å²) in [6.07, 6.45) is -1.14. The second-order valence-electron chi connectivity index (χ2n) is 10.2. The van der Waals surface area contributed by atoms with Crippen LogP contribution in [0.1, 0.15) is 28.4 Å². The summed E-state index contributed by atoms with van der Waals surface area (Å²) in [5, 5.41) is 23.0. The van der Waals surface area contributed by atoms with Gasteiger partial charge < -0.3 is 19.3 Å². The summed E-state index contributed by atoms with van der Waals surface area (Å²) >= 11 is 0. The number of rotatable bonds is 9. The third kappa shape index (κ3) is 6.15. The minimum absolute atomic E-state index is 0.0788. The van der Waals surface area contributed by atoms with Crippen molar-refractivity contribution in [3.8, 4) is 0 Å². The van der Waals surface area contributed by atoms with Crippen LogP contribution in [-0.2, 0) is 16.9 Å². The Hall–Kier alpha value is -4.56. The second kappa shape index (κ2) is 12.0. The molecule has 0 bridgehead atoms. The van der Waals surface area contributed by atoms with E-state index in [0.717, 1.165) is 11.6 Å². The number of nitro groups is 1. The van der Waals surface area contributed by atoms with Gasteiger partial charge in [-0.05, 0) is 18.6 Å². The lowest BCUT2D eigenvalue weighted by atomic mass is 9.91. The molecule has 0 amide bonds. The average molecular weight is 599 g/mol. The van der Waals surface area contributed by atoms with Crippen molar-refractivity contribution in [2.45, 2.75) is 25.2 Å². The molecule has 1 fully saturated rings. The Bertz CT molecular complexity index is 1600. The summed E-state index contributed by atoms with van der Waals surface area (Å²) in [5.41, 5.74) is -2.72. The topological polar surface area (TPSA) is 127 Å². The third-order valence-corrected chi connectivity index (χ3v) is 7.44. The fraction of sp³-hybridized carbons (Fsp3) is 0.345. The number of aliphatic hydroxyl groups is 1. The number of esters is 1. The van der Waals surface area contributed by atoms with Crippen LogP contribution in [0.5, 0.6) is 0 Å². The Morgan fingerprint density at radius 1 is 1.07 bits per heavy atom. The van der Waals surface area contributed by atoms with Crippen LogP contribution in [-0.4, -0.2) is 80.9 Å². The highest BCUT2D eigenvalue weighted by Gasteiger charge is 2.57. The number of halogens is 3. The number of aromatic nitrogens is 3. The highest BCUT2D eigenvalue weighted by Crippen LogP contribution is 2.44. The maximum atomic E-state index is 14.8. The summed E-state index contributed by atoms with van der Waals surface area (Å²) in [6.45, 7) is 2.23. The number of benzene rings is 2. The molecule has 1 N–H and O–H groups in total. The maximum absolute atomic E-state index is 14.8. The molecule has 43 heavy (non-hydrogen) atoms. The predicted molar refractivity (Wildman–Crippen MR) is 151 cm³/mol. The molecule has 0 aliphatic carbocycles. The van der Waals surface area contributed by atoms with E-state index in [2.05, 4.69) is 9.97 Å². The zero-order chi connectivity index (χ0) is 30.8. The molecule has 5 rings (SSSR count). The average Bonchev–Trinajstić information content (AvgIpc) is 3.35. The summed E-state index contributed by atoms with van der Waals surface area (Å²) in [5.74, 6) is -0.227. The molecule has 1 saturated heterocycles. The largest absolute Gasteiger partial charge is 0.462 e. The van der Waals surface area contributed by atoms with E-state index in [9.17, 15) is 33.2 Å². The number of fused-ring (bicyclic) bond motifs is 1. The summed E-state index contributed by atoms with van der Waals surface area (Å²) in [4.78, 5) is 34.4. The number of ether oxygens (including phenoxy) is 1. The van der Waals surface area contributed by atoms with Crippen LogP contribution in [0.15, 0.2) is 67.1 Å². The van der Waals surface area contributed by atoms with Crippen LogP contribution < -0.4 is 4.90 Å². The van der Waals surface area contributed by atoms with Gasteiger partial charge in [0.15, 0.2) is 0 Å². The smallest absolute Gasteiger partial charge is 0.422 e. The number of anilines is 1. The number of carbonyl (C=O) groups is 1. The molecular weight excluding hydrogens is 569 g/mol. The number of β-amino-alcohol motifs (C(OH)–C–C–N with tert-alkyl or cyclic N) is 1. The second-order valence-corrected chi connectivity index (χ2v) is 10.2. The van der Waals surface area contributed by atoms with E-state index in [1.165, 1.54) is 40.2 Å². The lowest BCUT2D eigenvalue weighted by molar-refractivity contribution is -0.384. The number of alkyl halides is 3. The van der Waals surface area contributed by atoms with Crippen LogP contribution in [0.4, 0.5) is 24.8 Å². The fourth-order valence-electron chi connectivity index (χ4n) is 5.20. The van der Waals surface area contributed by atoms with Gasteiger partial charge in [-0.1, -0.05) is 30.3 Å². The van der Waals surface area contributed by atoms with Crippen LogP contribution in [0, 0.1) is 10.1 Å². The van der Waals surface area contributed by atoms with E-state index in [0.29, 0.717) is 5.95 Å². The van der Waals surface area contributed by atoms with Gasteiger partial charge in [0.25, 0.3) is 5.69 Å². The molecule has 4 aromatic rings. The first-order valence-electron chi connectivity index (χ1n) is 13.6. The molecule has 226 valence electrons. The lowest BCUT2D eigenvalue weighted by Gasteiger charge is -2.40. The van der Waals surface area contributed by atoms with Gasteiger partial charge in [-0.25, -0.2) is 14.8 Å². The Morgan fingerprint density at radius 3 is 2.35 bits per heavy atom. The van der Waals surface area contributed by atoms with Crippen molar-refractivity contribution in [2.24, 2.45) is 0 Å². The van der Waals surface area contributed by atoms with Crippen molar-refractivity contribution in [3.63, 3.8) is 0 Å². The molecular formula is C29H29F3N6O5. The predicted octanol–water partition coefficient (Wildman–Crippen LogP) is 4.14. The molecule has 0 saturated carbocycles. The Kier molecular flexibility index (Phi) is 8.33. The normalized spacial score (nSPS) is 15.8. The van der Waals surface area contributed by atoms with E-state index >= 15 is 0 Å². The molecule has 1 aliphatic heterocycles. The number of hydrogen-bond acceptors (Lipinski definition) is 9. The van der Waals surface area contributed by atoms with E-state index in [1.807, 2.05) is 0 Å². The van der Waals surface area contributed by atoms with Crippen molar-refractivity contribution in [1.29, 1.82) is 0 Å². The maximum Gasteiger partial charge on any atom is 0.422 e. The molecule has 1 aliphatic rings. The first kappa shape index (κ1) is 29.9. The molecule has 2 aromatic heterocycles. The summed E-state index contributed by atoms with van der Waals surface area (Å²) in [6, 6.07) is 12.6. The van der Waals surface area contributed by atoms with Gasteiger partial charge in [0, 0.05) is 80.9 Å². The molecule has 2 aromatic carbocycles. The monoisotopic (exact) mass is 598 g/mol. The van der Waals surface area contributed by atoms with Crippen LogP contribution in [0.3, 0.4) is 0 Å². The van der Waals surface area contributed by atoms with Gasteiger partial charge >= 0.3 is 12.1 Å². The number of nitro benzene ring substituents is 1. The SMILES string of the molecule is CCOC(=O)c1cnc(N2CCN(CC(O)(c3cn(Cc4ccccc4)c4cc([N+](=O)[O-])ccc34)C(F)(F)F)CC2)nc1. The Morgan fingerprint density at radius 2 is 1.74 bits per heavy atom. The molecule has 1 atom stereocenters. The standard InChI is InChI=1S/C29H29F3N6O5/c1-2-43-26(39)21-15-33-27(34-16-21)36-12-10-35(11-13-36)19-28(40,29(30,31)32)24-18-37(17-20-6-4-3-5-7-20)25-14-22(38(41)42)8-9-23(24)25/h3-9,14-16,18,40H,2,10-13,17,19H2,1H3. The molecule has 14 heteroatoms. The van der Waals surface area contributed by atoms with E-state index in [1.54, 1.807) is 42.2 Å². The summed E-state index contributed by atoms with van der Waals surface area (Å²) in [7, 11) is 0. The zero-order valence-corrected chi connectivity index (χ0v) is 23.2. The minimum Gasteiger partial charge on any atom is -0.462 e. The van der Waals surface area contributed by atoms with Gasteiger partial charge in [0.2, 0.25) is 11.5 Å². The highest BCUT2D eigenvalue weighted by atomic mass is 19.4. The van der Waals surface area contributed by atoms with Crippen LogP contribution >= 0.6 is 0 Å². The minimum atomic E-state index is -5.05. The van der Waals surface area contributed by atoms with Crippen molar-refractivity contribution < 1.29 is 32.7 Å². The molecule has 0 spiro atoms. The van der Waals surface area contributed by atoms with Crippen LogP contribution in [0.25, 0.3) is 10.9 Å². The van der Waals surface area contributed by atoms with E-state index in [-0.39, 0.29) is 67.0 Å². The molecule has 0 radical (unpaired) electrons. The van der Waals surface area contributed by atoms with Crippen molar-refractivity contribution in [3.05, 3.63) is 93.9 Å². The van der Waals surface area contributed by atoms with Gasteiger partial charge in [-0.15, -0.1) is 0 Å². The molecule has 11 nitrogen and oxygen atoms in total. The number of carbonyl (C=O) groups excluding carboxylic acids is 1. The first-order chi connectivity index (χ1) is 20.5. The quantitative estimate of drug-likeness (QED) is 0.172. The number of nitrogens with zero attached hydrogens (tertiary/aromatic N) is 6. The van der Waals surface area contributed by atoms with E-state index < -0.39 is 29.2 Å². The van der Waals surface area contributed by atoms with Gasteiger partial charge in [-0.3, -0.25) is 15.0 Å². The Balaban J connectivity index is 1.41. The Labute approximate surface area is 244 Å². The number of hydrogen-bond donors (Lipinski definition) is 1.